The number of aliphatic hydroxyl groups is 1. The summed E-state index contributed by atoms with van der Waals surface area (Å²) >= 11 is 0. The van der Waals surface area contributed by atoms with Crippen molar-refractivity contribution in [2.45, 2.75) is 31.5 Å². The normalized spacial score (nSPS) is 22.8. The number of imidazole rings is 1. The molecule has 128 valence electrons. The maximum Gasteiger partial charge on any atom is 0.152 e. The zero-order chi connectivity index (χ0) is 17.1. The van der Waals surface area contributed by atoms with E-state index in [0.717, 1.165) is 36.5 Å². The lowest BCUT2D eigenvalue weighted by Gasteiger charge is -2.19. The molecule has 2 N–H and O–H groups in total. The van der Waals surface area contributed by atoms with Crippen LogP contribution >= 0.6 is 0 Å². The van der Waals surface area contributed by atoms with Gasteiger partial charge in [0.05, 0.1) is 18.5 Å². The van der Waals surface area contributed by atoms with Gasteiger partial charge in [0.2, 0.25) is 0 Å². The predicted octanol–water partition coefficient (Wildman–Crippen LogP) is 2.59. The Morgan fingerprint density at radius 2 is 1.92 bits per heavy atom. The maximum absolute atomic E-state index is 10.5. The van der Waals surface area contributed by atoms with Crippen molar-refractivity contribution in [3.8, 4) is 11.3 Å². The third-order valence-electron chi connectivity index (χ3n) is 4.72. The predicted molar refractivity (Wildman–Crippen MR) is 95.8 cm³/mol. The van der Waals surface area contributed by atoms with Crippen molar-refractivity contribution in [2.75, 3.05) is 5.32 Å². The van der Waals surface area contributed by atoms with Gasteiger partial charge in [-0.25, -0.2) is 9.97 Å². The lowest BCUT2D eigenvalue weighted by atomic mass is 10.1. The van der Waals surface area contributed by atoms with Crippen molar-refractivity contribution in [3.05, 3.63) is 61.4 Å². The fourth-order valence-corrected chi connectivity index (χ4v) is 3.54. The van der Waals surface area contributed by atoms with Crippen LogP contribution in [0.2, 0.25) is 0 Å². The average molecular weight is 335 g/mol. The van der Waals surface area contributed by atoms with E-state index in [-0.39, 0.29) is 12.1 Å². The number of hydrogen-bond acceptors (Lipinski definition) is 5. The zero-order valence-corrected chi connectivity index (χ0v) is 13.9. The fourth-order valence-electron chi connectivity index (χ4n) is 3.54. The lowest BCUT2D eigenvalue weighted by molar-refractivity contribution is 0.166. The van der Waals surface area contributed by atoms with E-state index >= 15 is 0 Å². The van der Waals surface area contributed by atoms with Gasteiger partial charge in [0, 0.05) is 36.9 Å². The number of aromatic nitrogens is 4. The van der Waals surface area contributed by atoms with Crippen LogP contribution in [0, 0.1) is 5.92 Å². The molecular formula is C19H21N5O. The molecule has 1 saturated carbocycles. The molecule has 6 heteroatoms. The van der Waals surface area contributed by atoms with Crippen molar-refractivity contribution in [2.24, 2.45) is 5.92 Å². The molecule has 3 aromatic rings. The van der Waals surface area contributed by atoms with E-state index in [1.54, 1.807) is 18.6 Å². The van der Waals surface area contributed by atoms with Crippen molar-refractivity contribution in [3.63, 3.8) is 0 Å². The van der Waals surface area contributed by atoms with Crippen molar-refractivity contribution in [1.82, 2.24) is 19.5 Å². The topological polar surface area (TPSA) is 75.9 Å². The monoisotopic (exact) mass is 335 g/mol. The zero-order valence-electron chi connectivity index (χ0n) is 13.9. The second-order valence-corrected chi connectivity index (χ2v) is 6.53. The van der Waals surface area contributed by atoms with Gasteiger partial charge >= 0.3 is 0 Å². The van der Waals surface area contributed by atoms with Gasteiger partial charge in [0.1, 0.15) is 5.69 Å². The van der Waals surface area contributed by atoms with Crippen LogP contribution in [0.5, 0.6) is 0 Å². The Kier molecular flexibility index (Phi) is 4.43. The smallest absolute Gasteiger partial charge is 0.152 e. The second-order valence-electron chi connectivity index (χ2n) is 6.53. The number of nitrogens with one attached hydrogen (secondary N) is 1. The summed E-state index contributed by atoms with van der Waals surface area (Å²) in [6.45, 7) is 0.876. The van der Waals surface area contributed by atoms with E-state index in [0.29, 0.717) is 5.92 Å². The van der Waals surface area contributed by atoms with Gasteiger partial charge in [0.25, 0.3) is 0 Å². The Hall–Kier alpha value is -2.73. The van der Waals surface area contributed by atoms with Gasteiger partial charge in [0.15, 0.2) is 5.82 Å². The number of benzene rings is 1. The highest BCUT2D eigenvalue weighted by molar-refractivity contribution is 5.71. The van der Waals surface area contributed by atoms with Crippen LogP contribution in [0.4, 0.5) is 5.82 Å². The molecule has 1 fully saturated rings. The van der Waals surface area contributed by atoms with Crippen molar-refractivity contribution < 1.29 is 5.11 Å². The van der Waals surface area contributed by atoms with Gasteiger partial charge in [-0.05, 0) is 18.8 Å². The molecule has 1 aromatic carbocycles. The van der Waals surface area contributed by atoms with Gasteiger partial charge < -0.3 is 15.0 Å². The quantitative estimate of drug-likeness (QED) is 0.749. The first-order valence-electron chi connectivity index (χ1n) is 8.56. The first-order chi connectivity index (χ1) is 12.3. The number of aliphatic hydroxyl groups excluding tert-OH is 1. The largest absolute Gasteiger partial charge is 0.391 e. The highest BCUT2D eigenvalue weighted by atomic mass is 16.3. The van der Waals surface area contributed by atoms with E-state index in [1.807, 2.05) is 42.9 Å². The van der Waals surface area contributed by atoms with E-state index in [1.165, 1.54) is 0 Å². The fraction of sp³-hybridized carbons (Fsp3) is 0.316. The number of hydrogen-bond donors (Lipinski definition) is 2. The number of anilines is 1. The Balaban J connectivity index is 1.49. The Morgan fingerprint density at radius 3 is 2.72 bits per heavy atom. The minimum absolute atomic E-state index is 0.0207. The molecule has 4 rings (SSSR count). The minimum atomic E-state index is -0.390. The Morgan fingerprint density at radius 1 is 1.08 bits per heavy atom. The number of rotatable bonds is 5. The highest BCUT2D eigenvalue weighted by Crippen LogP contribution is 2.31. The van der Waals surface area contributed by atoms with Gasteiger partial charge in [-0.2, -0.15) is 0 Å². The summed E-state index contributed by atoms with van der Waals surface area (Å²) in [6.07, 6.45) is 10.2. The Bertz CT molecular complexity index is 806. The summed E-state index contributed by atoms with van der Waals surface area (Å²) in [5.41, 5.74) is 1.83. The maximum atomic E-state index is 10.5. The van der Waals surface area contributed by atoms with Gasteiger partial charge in [-0.1, -0.05) is 30.3 Å². The van der Waals surface area contributed by atoms with Crippen LogP contribution in [-0.4, -0.2) is 36.8 Å². The van der Waals surface area contributed by atoms with E-state index in [2.05, 4.69) is 24.8 Å². The lowest BCUT2D eigenvalue weighted by Crippen LogP contribution is -2.28. The molecule has 1 unspecified atom stereocenters. The molecule has 1 aliphatic carbocycles. The molecule has 0 amide bonds. The van der Waals surface area contributed by atoms with Crippen molar-refractivity contribution in [1.29, 1.82) is 0 Å². The van der Waals surface area contributed by atoms with E-state index in [9.17, 15) is 5.11 Å². The SMILES string of the molecule is O[C@@H]1CC(Cn2ccnc2)C[C@H]1Nc1nccnc1-c1ccccc1. The van der Waals surface area contributed by atoms with Crippen LogP contribution in [-0.2, 0) is 6.54 Å². The third kappa shape index (κ3) is 3.53. The summed E-state index contributed by atoms with van der Waals surface area (Å²) in [7, 11) is 0. The molecule has 2 heterocycles. The first-order valence-corrected chi connectivity index (χ1v) is 8.56. The van der Waals surface area contributed by atoms with E-state index < -0.39 is 0 Å². The van der Waals surface area contributed by atoms with Gasteiger partial charge in [-0.15, -0.1) is 0 Å². The molecule has 1 aliphatic rings. The standard InChI is InChI=1S/C19H21N5O/c25-17-11-14(12-24-9-8-20-13-24)10-16(17)23-19-18(21-6-7-22-19)15-4-2-1-3-5-15/h1-9,13-14,16-17,25H,10-12H2,(H,22,23)/t14?,16-,17-/m1/s1. The summed E-state index contributed by atoms with van der Waals surface area (Å²) < 4.78 is 2.07. The second kappa shape index (κ2) is 7.03. The summed E-state index contributed by atoms with van der Waals surface area (Å²) in [5.74, 6) is 1.14. The molecule has 2 aromatic heterocycles. The van der Waals surface area contributed by atoms with Crippen LogP contribution in [0.3, 0.4) is 0 Å². The molecule has 0 bridgehead atoms. The molecule has 25 heavy (non-hydrogen) atoms. The minimum Gasteiger partial charge on any atom is -0.391 e. The Labute approximate surface area is 146 Å². The third-order valence-corrected chi connectivity index (χ3v) is 4.72. The van der Waals surface area contributed by atoms with Crippen LogP contribution in [0.1, 0.15) is 12.8 Å². The van der Waals surface area contributed by atoms with E-state index in [4.69, 9.17) is 0 Å². The summed E-state index contributed by atoms with van der Waals surface area (Å²) in [6, 6.07) is 9.96. The average Bonchev–Trinajstić information content (AvgIpc) is 3.27. The summed E-state index contributed by atoms with van der Waals surface area (Å²) in [5, 5.41) is 13.9. The van der Waals surface area contributed by atoms with Crippen LogP contribution in [0.25, 0.3) is 11.3 Å². The summed E-state index contributed by atoms with van der Waals surface area (Å²) in [4.78, 5) is 13.0. The number of nitrogens with zero attached hydrogens (tertiary/aromatic N) is 4. The molecular weight excluding hydrogens is 314 g/mol. The molecule has 0 radical (unpaired) electrons. The molecule has 0 spiro atoms. The van der Waals surface area contributed by atoms with Gasteiger partial charge in [-0.3, -0.25) is 4.98 Å². The van der Waals surface area contributed by atoms with Crippen LogP contribution < -0.4 is 5.32 Å². The first kappa shape index (κ1) is 15.8. The van der Waals surface area contributed by atoms with Crippen LogP contribution in [0.15, 0.2) is 61.4 Å². The van der Waals surface area contributed by atoms with Crippen molar-refractivity contribution >= 4 is 5.82 Å². The molecule has 0 saturated heterocycles. The highest BCUT2D eigenvalue weighted by Gasteiger charge is 2.33. The molecule has 0 aliphatic heterocycles. The molecule has 3 atom stereocenters. The molecule has 6 nitrogen and oxygen atoms in total.